The van der Waals surface area contributed by atoms with E-state index < -0.39 is 0 Å². The average molecular weight is 366 g/mol. The van der Waals surface area contributed by atoms with Gasteiger partial charge in [0, 0.05) is 4.75 Å². The van der Waals surface area contributed by atoms with E-state index in [0.29, 0.717) is 5.92 Å². The molecule has 2 saturated carbocycles. The van der Waals surface area contributed by atoms with Gasteiger partial charge in [0.2, 0.25) is 0 Å². The highest BCUT2D eigenvalue weighted by Crippen LogP contribution is 2.63. The summed E-state index contributed by atoms with van der Waals surface area (Å²) in [6.07, 6.45) is 12.4. The Bertz CT molecular complexity index is 415. The van der Waals surface area contributed by atoms with E-state index in [9.17, 15) is 0 Å². The van der Waals surface area contributed by atoms with Crippen molar-refractivity contribution in [2.24, 2.45) is 23.2 Å². The van der Waals surface area contributed by atoms with Gasteiger partial charge in [0.25, 0.3) is 0 Å². The van der Waals surface area contributed by atoms with Crippen molar-refractivity contribution in [2.45, 2.75) is 102 Å². The lowest BCUT2D eigenvalue weighted by Gasteiger charge is -2.51. The van der Waals surface area contributed by atoms with Gasteiger partial charge in [0.15, 0.2) is 0 Å². The molecule has 2 fully saturated rings. The summed E-state index contributed by atoms with van der Waals surface area (Å²) in [6.45, 7) is 9.45. The van der Waals surface area contributed by atoms with Crippen molar-refractivity contribution in [3.05, 3.63) is 0 Å². The van der Waals surface area contributed by atoms with Crippen LogP contribution < -0.4 is 0 Å². The van der Waals surface area contributed by atoms with Crippen LogP contribution in [0.2, 0.25) is 5.31 Å². The van der Waals surface area contributed by atoms with E-state index in [0.717, 1.165) is 30.4 Å². The topological polar surface area (TPSA) is 0 Å². The van der Waals surface area contributed by atoms with Gasteiger partial charge >= 0.3 is 0 Å². The highest BCUT2D eigenvalue weighted by molar-refractivity contribution is 7.82. The van der Waals surface area contributed by atoms with Crippen molar-refractivity contribution in [3.8, 4) is 0 Å². The second-order valence-electron chi connectivity index (χ2n) is 9.28. The molecule has 6 atom stereocenters. The van der Waals surface area contributed by atoms with Crippen LogP contribution in [0, 0.1) is 23.2 Å². The van der Waals surface area contributed by atoms with Gasteiger partial charge in [0.05, 0.1) is 7.85 Å². The molecule has 0 nitrogen and oxygen atoms in total. The first kappa shape index (κ1) is 21.1. The lowest BCUT2D eigenvalue weighted by Crippen LogP contribution is -2.47. The third-order valence-electron chi connectivity index (χ3n) is 8.05. The molecule has 0 spiro atoms. The summed E-state index contributed by atoms with van der Waals surface area (Å²) in [5.74, 6) is 3.14. The fraction of sp³-hybridized carbons (Fsp3) is 1.00. The van der Waals surface area contributed by atoms with Gasteiger partial charge in [-0.15, -0.1) is 0 Å². The van der Waals surface area contributed by atoms with Crippen molar-refractivity contribution in [2.75, 3.05) is 5.75 Å². The molecular weight excluding hydrogens is 327 g/mol. The standard InChI is InChI=1S/C21H39BS2/c1-5-16(3)18-9-7-11-21(24)12-8-10-20(22,17(4)6-2)14-19(21,13-18)15-23/h16-18,23-24H,5-15H2,1-4H3. The molecule has 2 aliphatic rings. The molecule has 0 aromatic heterocycles. The first-order chi connectivity index (χ1) is 11.3. The molecule has 6 unspecified atom stereocenters. The Morgan fingerprint density at radius 1 is 1.08 bits per heavy atom. The summed E-state index contributed by atoms with van der Waals surface area (Å²) in [4.78, 5) is 0. The zero-order valence-corrected chi connectivity index (χ0v) is 18.3. The molecule has 0 N–H and O–H groups in total. The first-order valence-electron chi connectivity index (χ1n) is 10.4. The molecular formula is C21H39BS2. The Morgan fingerprint density at radius 3 is 2.33 bits per heavy atom. The molecule has 3 heteroatoms. The highest BCUT2D eigenvalue weighted by Gasteiger charge is 2.55. The summed E-state index contributed by atoms with van der Waals surface area (Å²) >= 11 is 10.3. The number of fused-ring (bicyclic) bond motifs is 1. The van der Waals surface area contributed by atoms with Crippen LogP contribution in [-0.4, -0.2) is 18.3 Å². The smallest absolute Gasteiger partial charge is 0.0750 e. The Kier molecular flexibility index (Phi) is 7.20. The Morgan fingerprint density at radius 2 is 1.75 bits per heavy atom. The van der Waals surface area contributed by atoms with Crippen LogP contribution in [0.3, 0.4) is 0 Å². The van der Waals surface area contributed by atoms with Crippen LogP contribution in [0.4, 0.5) is 0 Å². The second-order valence-corrected chi connectivity index (χ2v) is 10.5. The first-order valence-corrected chi connectivity index (χ1v) is 11.5. The van der Waals surface area contributed by atoms with Crippen LogP contribution in [0.25, 0.3) is 0 Å². The molecule has 0 aliphatic heterocycles. The Balaban J connectivity index is 2.41. The molecule has 0 bridgehead atoms. The van der Waals surface area contributed by atoms with E-state index in [-0.39, 0.29) is 15.5 Å². The van der Waals surface area contributed by atoms with E-state index in [1.807, 2.05) is 0 Å². The SMILES string of the molecule is [B]C1(C(C)CC)CCCC2(S)CCCC(C(C)CC)CC2(CS)C1. The Labute approximate surface area is 163 Å². The highest BCUT2D eigenvalue weighted by atomic mass is 32.1. The van der Waals surface area contributed by atoms with Gasteiger partial charge in [-0.2, -0.15) is 25.3 Å². The number of hydrogen-bond acceptors (Lipinski definition) is 2. The molecule has 2 radical (unpaired) electrons. The Hall–Kier alpha value is 0.765. The predicted octanol–water partition coefficient (Wildman–Crippen LogP) is 6.75. The number of rotatable bonds is 5. The normalized spacial score (nSPS) is 43.3. The molecule has 0 heterocycles. The van der Waals surface area contributed by atoms with E-state index >= 15 is 0 Å². The number of hydrogen-bond donors (Lipinski definition) is 2. The third kappa shape index (κ3) is 3.87. The van der Waals surface area contributed by atoms with Gasteiger partial charge in [0.1, 0.15) is 0 Å². The van der Waals surface area contributed by atoms with Crippen molar-refractivity contribution >= 4 is 33.1 Å². The quantitative estimate of drug-likeness (QED) is 0.390. The summed E-state index contributed by atoms with van der Waals surface area (Å²) in [5.41, 5.74) is 0.193. The maximum atomic E-state index is 7.08. The molecule has 0 saturated heterocycles. The van der Waals surface area contributed by atoms with Crippen LogP contribution in [0.15, 0.2) is 0 Å². The predicted molar refractivity (Wildman–Crippen MR) is 116 cm³/mol. The maximum absolute atomic E-state index is 7.08. The summed E-state index contributed by atoms with van der Waals surface area (Å²) < 4.78 is 0.130. The fourth-order valence-electron chi connectivity index (χ4n) is 5.68. The van der Waals surface area contributed by atoms with Gasteiger partial charge in [-0.25, -0.2) is 0 Å². The van der Waals surface area contributed by atoms with E-state index in [2.05, 4.69) is 27.7 Å². The van der Waals surface area contributed by atoms with Gasteiger partial charge < -0.3 is 0 Å². The van der Waals surface area contributed by atoms with E-state index in [4.69, 9.17) is 33.1 Å². The van der Waals surface area contributed by atoms with E-state index in [1.54, 1.807) is 0 Å². The zero-order valence-electron chi connectivity index (χ0n) is 16.5. The molecule has 2 aliphatic carbocycles. The molecule has 24 heavy (non-hydrogen) atoms. The van der Waals surface area contributed by atoms with Crippen molar-refractivity contribution in [1.29, 1.82) is 0 Å². The van der Waals surface area contributed by atoms with Crippen LogP contribution in [0.5, 0.6) is 0 Å². The second kappa shape index (κ2) is 8.20. The molecule has 138 valence electrons. The summed E-state index contributed by atoms with van der Waals surface area (Å²) in [6, 6.07) is 0. The monoisotopic (exact) mass is 366 g/mol. The molecule has 2 rings (SSSR count). The van der Waals surface area contributed by atoms with Crippen LogP contribution >= 0.6 is 25.3 Å². The van der Waals surface area contributed by atoms with Crippen LogP contribution in [-0.2, 0) is 0 Å². The lowest BCUT2D eigenvalue weighted by molar-refractivity contribution is 0.126. The average Bonchev–Trinajstić information content (AvgIpc) is 2.77. The summed E-state index contributed by atoms with van der Waals surface area (Å²) in [5, 5.41) is -0.0354. The van der Waals surface area contributed by atoms with Crippen LogP contribution in [0.1, 0.15) is 91.9 Å². The number of thiol groups is 2. The van der Waals surface area contributed by atoms with Crippen molar-refractivity contribution < 1.29 is 0 Å². The summed E-state index contributed by atoms with van der Waals surface area (Å²) in [7, 11) is 7.08. The van der Waals surface area contributed by atoms with Crippen molar-refractivity contribution in [3.63, 3.8) is 0 Å². The fourth-order valence-corrected chi connectivity index (χ4v) is 6.92. The van der Waals surface area contributed by atoms with Gasteiger partial charge in [-0.3, -0.25) is 0 Å². The molecule has 0 amide bonds. The van der Waals surface area contributed by atoms with Gasteiger partial charge in [-0.1, -0.05) is 71.5 Å². The largest absolute Gasteiger partial charge is 0.179 e. The maximum Gasteiger partial charge on any atom is 0.0750 e. The minimum atomic E-state index is -0.0354. The minimum absolute atomic E-state index is 0.0354. The third-order valence-corrected chi connectivity index (χ3v) is 9.58. The molecule has 0 aromatic carbocycles. The lowest BCUT2D eigenvalue weighted by atomic mass is 9.51. The zero-order chi connectivity index (χ0) is 18.0. The molecule has 0 aromatic rings. The van der Waals surface area contributed by atoms with E-state index in [1.165, 1.54) is 51.4 Å². The van der Waals surface area contributed by atoms with Crippen molar-refractivity contribution in [1.82, 2.24) is 0 Å². The minimum Gasteiger partial charge on any atom is -0.179 e. The van der Waals surface area contributed by atoms with Gasteiger partial charge in [-0.05, 0) is 54.6 Å².